The molecule has 2 N–H and O–H groups in total. The SMILES string of the molecule is O=C(O)C(F)(F)F.O=C(O)C(F)(F)F.O=C(c1ccncc1)N1CC2CN(Cc3cccc(F)c3)CC2C1. The first-order valence-electron chi connectivity index (χ1n) is 10.8. The minimum Gasteiger partial charge on any atom is -0.475 e. The highest BCUT2D eigenvalue weighted by atomic mass is 19.4. The van der Waals surface area contributed by atoms with Gasteiger partial charge in [-0.2, -0.15) is 26.3 Å². The van der Waals surface area contributed by atoms with Crippen molar-refractivity contribution in [3.8, 4) is 0 Å². The van der Waals surface area contributed by atoms with Crippen LogP contribution in [0.15, 0.2) is 48.8 Å². The molecule has 0 spiro atoms. The largest absolute Gasteiger partial charge is 0.490 e. The number of benzene rings is 1. The van der Waals surface area contributed by atoms with Crippen molar-refractivity contribution < 1.29 is 55.3 Å². The number of carbonyl (C=O) groups is 3. The Hall–Kier alpha value is -3.75. The molecule has 0 bridgehead atoms. The number of alkyl halides is 6. The molecular weight excluding hydrogens is 531 g/mol. The molecule has 2 unspecified atom stereocenters. The van der Waals surface area contributed by atoms with E-state index in [1.165, 1.54) is 6.07 Å². The Labute approximate surface area is 211 Å². The highest BCUT2D eigenvalue weighted by molar-refractivity contribution is 5.94. The number of nitrogens with zero attached hydrogens (tertiary/aromatic N) is 3. The van der Waals surface area contributed by atoms with Crippen LogP contribution in [0.4, 0.5) is 30.7 Å². The molecule has 1 aromatic heterocycles. The molecule has 38 heavy (non-hydrogen) atoms. The van der Waals surface area contributed by atoms with Crippen LogP contribution in [0.3, 0.4) is 0 Å². The van der Waals surface area contributed by atoms with Gasteiger partial charge in [0, 0.05) is 50.7 Å². The zero-order valence-electron chi connectivity index (χ0n) is 19.4. The van der Waals surface area contributed by atoms with Crippen LogP contribution in [-0.4, -0.2) is 81.4 Å². The molecule has 2 aliphatic heterocycles. The fourth-order valence-electron chi connectivity index (χ4n) is 3.96. The van der Waals surface area contributed by atoms with Crippen LogP contribution in [0.5, 0.6) is 0 Å². The summed E-state index contributed by atoms with van der Waals surface area (Å²) in [5.74, 6) is -4.56. The number of hydrogen-bond donors (Lipinski definition) is 2. The lowest BCUT2D eigenvalue weighted by Crippen LogP contribution is -2.33. The molecule has 2 atom stereocenters. The van der Waals surface area contributed by atoms with Gasteiger partial charge in [0.1, 0.15) is 5.82 Å². The van der Waals surface area contributed by atoms with Crippen LogP contribution in [0.25, 0.3) is 0 Å². The zero-order valence-corrected chi connectivity index (χ0v) is 19.4. The number of hydrogen-bond acceptors (Lipinski definition) is 5. The van der Waals surface area contributed by atoms with Crippen molar-refractivity contribution in [2.45, 2.75) is 18.9 Å². The maximum absolute atomic E-state index is 13.3. The van der Waals surface area contributed by atoms with Crippen molar-refractivity contribution in [3.63, 3.8) is 0 Å². The third kappa shape index (κ3) is 9.28. The van der Waals surface area contributed by atoms with E-state index >= 15 is 0 Å². The number of halogens is 7. The molecule has 0 saturated carbocycles. The average molecular weight is 553 g/mol. The van der Waals surface area contributed by atoms with Crippen LogP contribution < -0.4 is 0 Å². The standard InChI is InChI=1S/C19H20FN3O.2C2HF3O2/c20-18-3-1-2-14(8-18)9-22-10-16-12-23(13-17(16)11-22)19(24)15-4-6-21-7-5-15;2*3-2(4,5)1(6)7/h1-8,16-17H,9-13H2;2*(H,6,7). The number of fused-ring (bicyclic) bond motifs is 1. The number of rotatable bonds is 3. The van der Waals surface area contributed by atoms with E-state index in [1.807, 2.05) is 11.0 Å². The van der Waals surface area contributed by atoms with Gasteiger partial charge in [-0.25, -0.2) is 14.0 Å². The van der Waals surface area contributed by atoms with E-state index < -0.39 is 24.3 Å². The first-order chi connectivity index (χ1) is 17.6. The van der Waals surface area contributed by atoms with Crippen molar-refractivity contribution in [2.75, 3.05) is 26.2 Å². The Kier molecular flexibility index (Phi) is 10.2. The van der Waals surface area contributed by atoms with Gasteiger partial charge in [-0.05, 0) is 41.7 Å². The monoisotopic (exact) mass is 553 g/mol. The number of carboxylic acid groups (broad SMARTS) is 2. The normalized spacial score (nSPS) is 19.0. The maximum Gasteiger partial charge on any atom is 0.490 e. The van der Waals surface area contributed by atoms with E-state index in [1.54, 1.807) is 36.7 Å². The minimum absolute atomic E-state index is 0.100. The minimum atomic E-state index is -5.08. The summed E-state index contributed by atoms with van der Waals surface area (Å²) in [5, 5.41) is 14.2. The van der Waals surface area contributed by atoms with Crippen molar-refractivity contribution >= 4 is 17.8 Å². The van der Waals surface area contributed by atoms with E-state index in [0.29, 0.717) is 17.4 Å². The van der Waals surface area contributed by atoms with Crippen molar-refractivity contribution in [2.24, 2.45) is 11.8 Å². The number of aliphatic carboxylic acids is 2. The molecule has 2 aromatic rings. The lowest BCUT2D eigenvalue weighted by molar-refractivity contribution is -0.193. The highest BCUT2D eigenvalue weighted by Gasteiger charge is 2.41. The number of carbonyl (C=O) groups excluding carboxylic acids is 1. The van der Waals surface area contributed by atoms with Crippen LogP contribution >= 0.6 is 0 Å². The molecule has 4 rings (SSSR count). The number of amides is 1. The molecule has 2 fully saturated rings. The third-order valence-corrected chi connectivity index (χ3v) is 5.56. The molecule has 1 aromatic carbocycles. The molecule has 2 aliphatic rings. The van der Waals surface area contributed by atoms with Crippen molar-refractivity contribution in [3.05, 3.63) is 65.7 Å². The molecular formula is C23H22F7N3O5. The van der Waals surface area contributed by atoms with E-state index in [0.717, 1.165) is 38.3 Å². The average Bonchev–Trinajstić information content (AvgIpc) is 3.37. The number of aromatic nitrogens is 1. The second-order valence-corrected chi connectivity index (χ2v) is 8.40. The van der Waals surface area contributed by atoms with E-state index in [4.69, 9.17) is 19.8 Å². The Morgan fingerprint density at radius 2 is 1.32 bits per heavy atom. The fourth-order valence-corrected chi connectivity index (χ4v) is 3.96. The maximum atomic E-state index is 13.3. The summed E-state index contributed by atoms with van der Waals surface area (Å²) < 4.78 is 76.8. The van der Waals surface area contributed by atoms with Gasteiger partial charge >= 0.3 is 24.3 Å². The fraction of sp³-hybridized carbons (Fsp3) is 0.391. The summed E-state index contributed by atoms with van der Waals surface area (Å²) in [6, 6.07) is 10.4. The first-order valence-corrected chi connectivity index (χ1v) is 10.8. The number of pyridine rings is 1. The molecule has 1 amide bonds. The predicted octanol–water partition coefficient (Wildman–Crippen LogP) is 3.69. The second-order valence-electron chi connectivity index (χ2n) is 8.40. The molecule has 208 valence electrons. The summed E-state index contributed by atoms with van der Waals surface area (Å²) in [4.78, 5) is 38.6. The third-order valence-electron chi connectivity index (χ3n) is 5.56. The van der Waals surface area contributed by atoms with Crippen LogP contribution in [0.2, 0.25) is 0 Å². The van der Waals surface area contributed by atoms with Gasteiger partial charge < -0.3 is 15.1 Å². The van der Waals surface area contributed by atoms with Crippen LogP contribution in [0, 0.1) is 17.7 Å². The Morgan fingerprint density at radius 1 is 0.842 bits per heavy atom. The first kappa shape index (κ1) is 30.5. The Bertz CT molecular complexity index is 1070. The van der Waals surface area contributed by atoms with E-state index in [-0.39, 0.29) is 11.7 Å². The smallest absolute Gasteiger partial charge is 0.475 e. The second kappa shape index (κ2) is 12.7. The lowest BCUT2D eigenvalue weighted by Gasteiger charge is -2.21. The van der Waals surface area contributed by atoms with E-state index in [9.17, 15) is 35.5 Å². The molecule has 2 saturated heterocycles. The van der Waals surface area contributed by atoms with E-state index in [2.05, 4.69) is 9.88 Å². The molecule has 3 heterocycles. The van der Waals surface area contributed by atoms with Gasteiger partial charge in [0.15, 0.2) is 0 Å². The molecule has 0 aliphatic carbocycles. The van der Waals surface area contributed by atoms with Gasteiger partial charge in [0.25, 0.3) is 5.91 Å². The van der Waals surface area contributed by atoms with Gasteiger partial charge in [0.05, 0.1) is 0 Å². The Balaban J connectivity index is 0.000000301. The summed E-state index contributed by atoms with van der Waals surface area (Å²) in [7, 11) is 0. The van der Waals surface area contributed by atoms with Gasteiger partial charge in [0.2, 0.25) is 0 Å². The Morgan fingerprint density at radius 3 is 1.74 bits per heavy atom. The van der Waals surface area contributed by atoms with Crippen molar-refractivity contribution in [1.82, 2.24) is 14.8 Å². The van der Waals surface area contributed by atoms with Crippen molar-refractivity contribution in [1.29, 1.82) is 0 Å². The van der Waals surface area contributed by atoms with Gasteiger partial charge in [-0.15, -0.1) is 0 Å². The summed E-state index contributed by atoms with van der Waals surface area (Å²) in [6.07, 6.45) is -6.85. The van der Waals surface area contributed by atoms with Crippen LogP contribution in [-0.2, 0) is 16.1 Å². The van der Waals surface area contributed by atoms with Crippen LogP contribution in [0.1, 0.15) is 15.9 Å². The quantitative estimate of drug-likeness (QED) is 0.558. The summed E-state index contributed by atoms with van der Waals surface area (Å²) >= 11 is 0. The summed E-state index contributed by atoms with van der Waals surface area (Å²) in [6.45, 7) is 4.35. The van der Waals surface area contributed by atoms with Gasteiger partial charge in [-0.1, -0.05) is 12.1 Å². The van der Waals surface area contributed by atoms with Gasteiger partial charge in [-0.3, -0.25) is 14.7 Å². The number of carboxylic acids is 2. The molecule has 8 nitrogen and oxygen atoms in total. The zero-order chi connectivity index (χ0) is 28.7. The topological polar surface area (TPSA) is 111 Å². The number of likely N-dealkylation sites (tertiary alicyclic amines) is 2. The lowest BCUT2D eigenvalue weighted by atomic mass is 10.0. The predicted molar refractivity (Wildman–Crippen MR) is 116 cm³/mol. The molecule has 0 radical (unpaired) electrons. The molecule has 15 heteroatoms. The highest BCUT2D eigenvalue weighted by Crippen LogP contribution is 2.32. The summed E-state index contributed by atoms with van der Waals surface area (Å²) in [5.41, 5.74) is 1.72.